The quantitative estimate of drug-likeness (QED) is 0.744. The van der Waals surface area contributed by atoms with Gasteiger partial charge in [-0.3, -0.25) is 4.79 Å². The van der Waals surface area contributed by atoms with Crippen LogP contribution in [0.25, 0.3) is 6.08 Å². The van der Waals surface area contributed by atoms with Gasteiger partial charge in [-0.15, -0.1) is 11.3 Å². The van der Waals surface area contributed by atoms with Crippen molar-refractivity contribution in [2.75, 3.05) is 7.05 Å². The fourth-order valence-corrected chi connectivity index (χ4v) is 2.81. The lowest BCUT2D eigenvalue weighted by atomic mass is 10.2. The van der Waals surface area contributed by atoms with Crippen LogP contribution in [0.15, 0.2) is 46.9 Å². The Morgan fingerprint density at radius 3 is 2.55 bits per heavy atom. The molecule has 0 saturated carbocycles. The fourth-order valence-electron chi connectivity index (χ4n) is 1.77. The highest BCUT2D eigenvalue weighted by molar-refractivity contribution is 9.10. The summed E-state index contributed by atoms with van der Waals surface area (Å²) in [4.78, 5) is 16.1. The average Bonchev–Trinajstić information content (AvgIpc) is 2.84. The molecule has 0 spiro atoms. The summed E-state index contributed by atoms with van der Waals surface area (Å²) in [6.07, 6.45) is 3.50. The Morgan fingerprint density at radius 2 is 1.95 bits per heavy atom. The molecule has 104 valence electrons. The van der Waals surface area contributed by atoms with Crippen molar-refractivity contribution in [1.82, 2.24) is 4.90 Å². The Morgan fingerprint density at radius 1 is 1.25 bits per heavy atom. The zero-order chi connectivity index (χ0) is 14.5. The third-order valence-electron chi connectivity index (χ3n) is 2.86. The molecule has 0 aliphatic carbocycles. The highest BCUT2D eigenvalue weighted by Crippen LogP contribution is 2.16. The topological polar surface area (TPSA) is 20.3 Å². The Balaban J connectivity index is 1.95. The lowest BCUT2D eigenvalue weighted by molar-refractivity contribution is -0.125. The molecule has 0 N–H and O–H groups in total. The average molecular weight is 350 g/mol. The van der Waals surface area contributed by atoms with Gasteiger partial charge in [0.05, 0.1) is 0 Å². The monoisotopic (exact) mass is 349 g/mol. The third kappa shape index (κ3) is 4.32. The zero-order valence-corrected chi connectivity index (χ0v) is 13.9. The van der Waals surface area contributed by atoms with Crippen LogP contribution >= 0.6 is 27.3 Å². The molecule has 1 heterocycles. The molecular weight excluding hydrogens is 334 g/mol. The van der Waals surface area contributed by atoms with Crippen molar-refractivity contribution in [3.8, 4) is 0 Å². The summed E-state index contributed by atoms with van der Waals surface area (Å²) >= 11 is 5.09. The van der Waals surface area contributed by atoms with Crippen molar-refractivity contribution < 1.29 is 4.79 Å². The number of halogens is 1. The fraction of sp³-hybridized carbons (Fsp3) is 0.188. The molecule has 0 fully saturated rings. The molecule has 0 atom stereocenters. The van der Waals surface area contributed by atoms with Crippen LogP contribution in [0.4, 0.5) is 0 Å². The normalized spacial score (nSPS) is 10.9. The van der Waals surface area contributed by atoms with Gasteiger partial charge in [-0.05, 0) is 42.8 Å². The third-order valence-corrected chi connectivity index (χ3v) is 4.36. The first-order chi connectivity index (χ1) is 9.54. The first-order valence-electron chi connectivity index (χ1n) is 6.28. The number of benzene rings is 1. The molecule has 20 heavy (non-hydrogen) atoms. The van der Waals surface area contributed by atoms with Gasteiger partial charge < -0.3 is 4.90 Å². The number of carbonyl (C=O) groups is 1. The summed E-state index contributed by atoms with van der Waals surface area (Å²) in [5.74, 6) is 0.0129. The molecule has 2 aromatic rings. The molecule has 0 saturated heterocycles. The molecule has 1 aromatic heterocycles. The van der Waals surface area contributed by atoms with Crippen LogP contribution in [-0.4, -0.2) is 17.9 Å². The second-order valence-electron chi connectivity index (χ2n) is 4.60. The Hall–Kier alpha value is -1.39. The van der Waals surface area contributed by atoms with E-state index in [0.717, 1.165) is 14.9 Å². The van der Waals surface area contributed by atoms with Crippen LogP contribution in [0.5, 0.6) is 0 Å². The van der Waals surface area contributed by atoms with E-state index in [0.29, 0.717) is 6.54 Å². The van der Waals surface area contributed by atoms with Gasteiger partial charge in [0.1, 0.15) is 0 Å². The van der Waals surface area contributed by atoms with E-state index in [-0.39, 0.29) is 5.91 Å². The van der Waals surface area contributed by atoms with Crippen LogP contribution in [0.3, 0.4) is 0 Å². The number of aryl methyl sites for hydroxylation is 1. The van der Waals surface area contributed by atoms with Gasteiger partial charge in [0.2, 0.25) is 5.91 Å². The SMILES string of the molecule is Cc1ccc(/C=C/C(=O)N(C)Cc2ccc(Br)cc2)s1. The number of rotatable bonds is 4. The molecule has 0 radical (unpaired) electrons. The maximum atomic E-state index is 12.0. The Kier molecular flexibility index (Phi) is 5.15. The van der Waals surface area contributed by atoms with E-state index < -0.39 is 0 Å². The largest absolute Gasteiger partial charge is 0.338 e. The van der Waals surface area contributed by atoms with Gasteiger partial charge in [-0.25, -0.2) is 0 Å². The number of thiophene rings is 1. The van der Waals surface area contributed by atoms with Crippen molar-refractivity contribution in [1.29, 1.82) is 0 Å². The van der Waals surface area contributed by atoms with Gasteiger partial charge in [0.25, 0.3) is 0 Å². The summed E-state index contributed by atoms with van der Waals surface area (Å²) in [5, 5.41) is 0. The predicted molar refractivity (Wildman–Crippen MR) is 88.7 cm³/mol. The molecule has 0 unspecified atom stereocenters. The number of nitrogens with zero attached hydrogens (tertiary/aromatic N) is 1. The van der Waals surface area contributed by atoms with Crippen molar-refractivity contribution in [3.05, 3.63) is 62.3 Å². The van der Waals surface area contributed by atoms with Gasteiger partial charge in [-0.1, -0.05) is 28.1 Å². The molecular formula is C16H16BrNOS. The number of likely N-dealkylation sites (N-methyl/N-ethyl adjacent to an activating group) is 1. The minimum absolute atomic E-state index is 0.0129. The van der Waals surface area contributed by atoms with Crippen LogP contribution in [0.2, 0.25) is 0 Å². The number of hydrogen-bond donors (Lipinski definition) is 0. The van der Waals surface area contributed by atoms with Crippen LogP contribution < -0.4 is 0 Å². The molecule has 1 aromatic carbocycles. The molecule has 2 rings (SSSR count). The highest BCUT2D eigenvalue weighted by Gasteiger charge is 2.05. The number of carbonyl (C=O) groups excluding carboxylic acids is 1. The minimum Gasteiger partial charge on any atom is -0.338 e. The Bertz CT molecular complexity index is 616. The van der Waals surface area contributed by atoms with Crippen LogP contribution in [0.1, 0.15) is 15.3 Å². The van der Waals surface area contributed by atoms with Crippen LogP contribution in [-0.2, 0) is 11.3 Å². The number of hydrogen-bond acceptors (Lipinski definition) is 2. The molecule has 0 aliphatic rings. The smallest absolute Gasteiger partial charge is 0.246 e. The van der Waals surface area contributed by atoms with Gasteiger partial charge in [-0.2, -0.15) is 0 Å². The van der Waals surface area contributed by atoms with Crippen molar-refractivity contribution in [3.63, 3.8) is 0 Å². The maximum absolute atomic E-state index is 12.0. The summed E-state index contributed by atoms with van der Waals surface area (Å²) in [6.45, 7) is 2.67. The number of amides is 1. The summed E-state index contributed by atoms with van der Waals surface area (Å²) in [5.41, 5.74) is 1.12. The highest BCUT2D eigenvalue weighted by atomic mass is 79.9. The van der Waals surface area contributed by atoms with E-state index in [2.05, 4.69) is 28.9 Å². The van der Waals surface area contributed by atoms with Crippen molar-refractivity contribution in [2.24, 2.45) is 0 Å². The van der Waals surface area contributed by atoms with E-state index >= 15 is 0 Å². The summed E-state index contributed by atoms with van der Waals surface area (Å²) in [6, 6.07) is 12.1. The molecule has 4 heteroatoms. The zero-order valence-electron chi connectivity index (χ0n) is 11.5. The first-order valence-corrected chi connectivity index (χ1v) is 7.89. The Labute approximate surface area is 131 Å². The van der Waals surface area contributed by atoms with E-state index in [4.69, 9.17) is 0 Å². The second kappa shape index (κ2) is 6.86. The summed E-state index contributed by atoms with van der Waals surface area (Å²) in [7, 11) is 1.81. The molecule has 2 nitrogen and oxygen atoms in total. The minimum atomic E-state index is 0.0129. The maximum Gasteiger partial charge on any atom is 0.246 e. The predicted octanol–water partition coefficient (Wildman–Crippen LogP) is 4.49. The van der Waals surface area contributed by atoms with E-state index in [1.807, 2.05) is 43.5 Å². The molecule has 1 amide bonds. The second-order valence-corrected chi connectivity index (χ2v) is 6.84. The van der Waals surface area contributed by atoms with Gasteiger partial charge in [0, 0.05) is 33.9 Å². The van der Waals surface area contributed by atoms with E-state index in [1.54, 1.807) is 22.3 Å². The lowest BCUT2D eigenvalue weighted by Gasteiger charge is -2.15. The lowest BCUT2D eigenvalue weighted by Crippen LogP contribution is -2.23. The molecule has 0 aliphatic heterocycles. The van der Waals surface area contributed by atoms with Crippen LogP contribution in [0, 0.1) is 6.92 Å². The standard InChI is InChI=1S/C16H16BrNOS/c1-12-3-8-15(20-12)9-10-16(19)18(2)11-13-4-6-14(17)7-5-13/h3-10H,11H2,1-2H3/b10-9+. The summed E-state index contributed by atoms with van der Waals surface area (Å²) < 4.78 is 1.04. The van der Waals surface area contributed by atoms with Crippen molar-refractivity contribution >= 4 is 39.2 Å². The van der Waals surface area contributed by atoms with E-state index in [9.17, 15) is 4.79 Å². The first kappa shape index (κ1) is 15.0. The van der Waals surface area contributed by atoms with Crippen molar-refractivity contribution in [2.45, 2.75) is 13.5 Å². The van der Waals surface area contributed by atoms with Gasteiger partial charge >= 0.3 is 0 Å². The van der Waals surface area contributed by atoms with E-state index in [1.165, 1.54) is 4.88 Å². The molecule has 0 bridgehead atoms. The van der Waals surface area contributed by atoms with Gasteiger partial charge in [0.15, 0.2) is 0 Å².